The van der Waals surface area contributed by atoms with E-state index in [0.29, 0.717) is 23.3 Å². The molecule has 336 valence electrons. The summed E-state index contributed by atoms with van der Waals surface area (Å²) in [6.45, 7) is 18.1. The Kier molecular flexibility index (Phi) is 11.7. The number of aromatic nitrogens is 2. The monoisotopic (exact) mass is 1070 g/mol. The van der Waals surface area contributed by atoms with Gasteiger partial charge in [-0.2, -0.15) is 12.1 Å². The van der Waals surface area contributed by atoms with E-state index in [4.69, 9.17) is 9.72 Å². The number of thiophene rings is 1. The first kappa shape index (κ1) is 44.4. The van der Waals surface area contributed by atoms with Crippen LogP contribution in [0.3, 0.4) is 0 Å². The van der Waals surface area contributed by atoms with Gasteiger partial charge in [0.05, 0.1) is 5.52 Å². The van der Waals surface area contributed by atoms with E-state index in [0.717, 1.165) is 55.8 Å². The maximum Gasteiger partial charge on any atom is 0.135 e. The predicted octanol–water partition coefficient (Wildman–Crippen LogP) is 16.5. The largest absolute Gasteiger partial charge is 0.509 e. The molecule has 4 heterocycles. The van der Waals surface area contributed by atoms with E-state index in [1.807, 2.05) is 29.7 Å². The second kappa shape index (κ2) is 17.6. The Hall–Kier alpha value is -6.46. The van der Waals surface area contributed by atoms with Crippen molar-refractivity contribution in [1.82, 2.24) is 9.55 Å². The third kappa shape index (κ3) is 7.84. The molecule has 67 heavy (non-hydrogen) atoms. The first-order chi connectivity index (χ1) is 32.0. The third-order valence-corrected chi connectivity index (χ3v) is 14.0. The number of fused-ring (bicyclic) bond motifs is 7. The van der Waals surface area contributed by atoms with Crippen LogP contribution in [-0.4, -0.2) is 9.55 Å². The number of para-hydroxylation sites is 1. The second-order valence-electron chi connectivity index (χ2n) is 18.9. The summed E-state index contributed by atoms with van der Waals surface area (Å²) < 4.78 is 11.7. The number of anilines is 2. The van der Waals surface area contributed by atoms with Crippen LogP contribution in [0, 0.1) is 18.8 Å². The molecule has 7 heteroatoms. The van der Waals surface area contributed by atoms with Crippen molar-refractivity contribution >= 4 is 76.1 Å². The summed E-state index contributed by atoms with van der Waals surface area (Å²) in [4.78, 5) is 9.73. The topological polar surface area (TPSA) is 33.5 Å². The van der Waals surface area contributed by atoms with Crippen molar-refractivity contribution in [2.75, 3.05) is 9.80 Å². The molecule has 3 aromatic heterocycles. The van der Waals surface area contributed by atoms with Gasteiger partial charge in [0, 0.05) is 76.0 Å². The van der Waals surface area contributed by atoms with Crippen molar-refractivity contribution in [1.29, 1.82) is 0 Å². The Balaban J connectivity index is 0.00000525. The van der Waals surface area contributed by atoms with E-state index in [2.05, 4.69) is 227 Å². The molecule has 0 bridgehead atoms. The molecular weight excluding hydrogens is 1020 g/mol. The SMILES string of the molecule is CC(C)c1cccc(C(C)C)c1N1[CH-]N(c2[c-]c(Oc3[c-]c4c(cc3)c3ccc5sc6ccccc6c5c3n4-c3cc(C(C)(C)C)ccn3)ccc2)C(c2ccccc2)=C1c1ccccc1.[Pt]. The summed E-state index contributed by atoms with van der Waals surface area (Å²) in [7, 11) is 0. The van der Waals surface area contributed by atoms with Crippen molar-refractivity contribution < 1.29 is 25.8 Å². The van der Waals surface area contributed by atoms with Gasteiger partial charge in [-0.15, -0.1) is 59.4 Å². The van der Waals surface area contributed by atoms with Gasteiger partial charge >= 0.3 is 0 Å². The van der Waals surface area contributed by atoms with Gasteiger partial charge in [0.1, 0.15) is 5.82 Å². The summed E-state index contributed by atoms with van der Waals surface area (Å²) in [5, 5.41) is 4.72. The zero-order valence-corrected chi connectivity index (χ0v) is 41.8. The second-order valence-corrected chi connectivity index (χ2v) is 20.0. The standard InChI is InChI=1S/C60H51N4OS.Pt/c1-38(2)46-25-17-26-47(39(3)4)58(46)63-37-62(56(40-18-10-8-11-19-40)57(63)41-20-12-9-13-21-41)43-22-16-23-44(35-43)65-45-28-29-48-49-30-31-53-55(50-24-14-15-27-52(50)66-53)59(49)64(51(48)36-45)54-34-42(32-33-61-54)60(5,6)7;/h8-34,37-39H,1-7H3;/q-3;. The summed E-state index contributed by atoms with van der Waals surface area (Å²) in [5.74, 6) is 2.67. The van der Waals surface area contributed by atoms with E-state index < -0.39 is 0 Å². The molecule has 7 aromatic carbocycles. The Labute approximate surface area is 412 Å². The molecule has 5 nitrogen and oxygen atoms in total. The van der Waals surface area contributed by atoms with Crippen LogP contribution in [0.4, 0.5) is 11.4 Å². The van der Waals surface area contributed by atoms with Gasteiger partial charge in [-0.05, 0) is 74.7 Å². The number of nitrogens with zero attached hydrogens (tertiary/aromatic N) is 4. The molecule has 0 atom stereocenters. The van der Waals surface area contributed by atoms with E-state index in [1.54, 1.807) is 0 Å². The van der Waals surface area contributed by atoms with Gasteiger partial charge in [-0.25, -0.2) is 4.98 Å². The molecule has 10 aromatic rings. The van der Waals surface area contributed by atoms with E-state index in [1.165, 1.54) is 42.6 Å². The Morgan fingerprint density at radius 1 is 0.597 bits per heavy atom. The number of rotatable bonds is 9. The van der Waals surface area contributed by atoms with Gasteiger partial charge in [-0.3, -0.25) is 0 Å². The van der Waals surface area contributed by atoms with Crippen LogP contribution in [0.5, 0.6) is 11.5 Å². The first-order valence-electron chi connectivity index (χ1n) is 22.9. The average Bonchev–Trinajstić information content (AvgIpc) is 4.01. The van der Waals surface area contributed by atoms with Gasteiger partial charge in [0.15, 0.2) is 0 Å². The minimum Gasteiger partial charge on any atom is -0.509 e. The molecule has 0 spiro atoms. The number of benzene rings is 7. The zero-order valence-electron chi connectivity index (χ0n) is 38.7. The fourth-order valence-corrected chi connectivity index (χ4v) is 10.7. The van der Waals surface area contributed by atoms with Crippen molar-refractivity contribution in [3.05, 3.63) is 211 Å². The van der Waals surface area contributed by atoms with Crippen molar-refractivity contribution in [2.24, 2.45) is 0 Å². The molecule has 0 saturated carbocycles. The van der Waals surface area contributed by atoms with Crippen molar-refractivity contribution in [2.45, 2.75) is 65.7 Å². The van der Waals surface area contributed by atoms with Crippen LogP contribution in [0.1, 0.15) is 88.1 Å². The Morgan fingerprint density at radius 2 is 1.22 bits per heavy atom. The molecule has 0 N–H and O–H groups in total. The van der Waals surface area contributed by atoms with Gasteiger partial charge < -0.3 is 19.1 Å². The van der Waals surface area contributed by atoms with Gasteiger partial charge in [-0.1, -0.05) is 157 Å². The average molecular weight is 1070 g/mol. The fraction of sp³-hybridized carbons (Fsp3) is 0.167. The number of ether oxygens (including phenoxy) is 1. The maximum atomic E-state index is 6.85. The molecule has 0 radical (unpaired) electrons. The van der Waals surface area contributed by atoms with Crippen LogP contribution in [0.15, 0.2) is 164 Å². The van der Waals surface area contributed by atoms with Crippen molar-refractivity contribution in [3.63, 3.8) is 0 Å². The van der Waals surface area contributed by atoms with Crippen LogP contribution in [0.2, 0.25) is 0 Å². The summed E-state index contributed by atoms with van der Waals surface area (Å²) in [6.07, 6.45) is 1.93. The maximum absolute atomic E-state index is 6.85. The normalized spacial score (nSPS) is 13.3. The van der Waals surface area contributed by atoms with Crippen LogP contribution in [-0.2, 0) is 26.5 Å². The molecule has 0 aliphatic carbocycles. The summed E-state index contributed by atoms with van der Waals surface area (Å²) >= 11 is 1.83. The van der Waals surface area contributed by atoms with Crippen LogP contribution < -0.4 is 14.5 Å². The molecule has 1 aliphatic rings. The molecule has 11 rings (SSSR count). The van der Waals surface area contributed by atoms with E-state index in [-0.39, 0.29) is 26.5 Å². The fourth-order valence-electron chi connectivity index (χ4n) is 9.61. The number of hydrogen-bond acceptors (Lipinski definition) is 5. The molecule has 0 saturated heterocycles. The minimum absolute atomic E-state index is 0. The van der Waals surface area contributed by atoms with E-state index in [9.17, 15) is 0 Å². The molecule has 0 unspecified atom stereocenters. The van der Waals surface area contributed by atoms with Gasteiger partial charge in [0.25, 0.3) is 0 Å². The van der Waals surface area contributed by atoms with Gasteiger partial charge in [0.2, 0.25) is 0 Å². The number of hydrogen-bond donors (Lipinski definition) is 0. The summed E-state index contributed by atoms with van der Waals surface area (Å²) in [6, 6.07) is 63.6. The van der Waals surface area contributed by atoms with Crippen LogP contribution >= 0.6 is 11.3 Å². The Morgan fingerprint density at radius 3 is 1.91 bits per heavy atom. The summed E-state index contributed by atoms with van der Waals surface area (Å²) in [5.41, 5.74) is 12.3. The van der Waals surface area contributed by atoms with E-state index >= 15 is 0 Å². The third-order valence-electron chi connectivity index (χ3n) is 12.8. The minimum atomic E-state index is -0.0601. The molecule has 1 aliphatic heterocycles. The quantitative estimate of drug-likeness (QED) is 0.135. The first-order valence-corrected chi connectivity index (χ1v) is 23.7. The Bertz CT molecular complexity index is 3460. The molecule has 0 fully saturated rings. The number of pyridine rings is 1. The van der Waals surface area contributed by atoms with Crippen molar-refractivity contribution in [3.8, 4) is 17.3 Å². The smallest absolute Gasteiger partial charge is 0.135 e. The molecule has 0 amide bonds. The molecular formula is C60H51N4OPtS-3. The zero-order chi connectivity index (χ0) is 45.3. The van der Waals surface area contributed by atoms with Crippen LogP contribution in [0.25, 0.3) is 59.2 Å². The predicted molar refractivity (Wildman–Crippen MR) is 278 cm³/mol.